The highest BCUT2D eigenvalue weighted by atomic mass is 32.2. The van der Waals surface area contributed by atoms with Crippen LogP contribution < -0.4 is 10.1 Å². The van der Waals surface area contributed by atoms with E-state index in [2.05, 4.69) is 15.5 Å². The van der Waals surface area contributed by atoms with Crippen LogP contribution in [0, 0.1) is 0 Å². The first-order chi connectivity index (χ1) is 14.1. The number of amides is 1. The van der Waals surface area contributed by atoms with Crippen LogP contribution in [0.2, 0.25) is 0 Å². The number of carbonyl (C=O) groups is 1. The van der Waals surface area contributed by atoms with Crippen LogP contribution in [-0.2, 0) is 4.79 Å². The highest BCUT2D eigenvalue weighted by Crippen LogP contribution is 2.29. The zero-order valence-corrected chi connectivity index (χ0v) is 17.2. The molecule has 1 amide bonds. The van der Waals surface area contributed by atoms with Crippen molar-refractivity contribution in [2.24, 2.45) is 0 Å². The summed E-state index contributed by atoms with van der Waals surface area (Å²) in [4.78, 5) is 17.0. The van der Waals surface area contributed by atoms with E-state index >= 15 is 0 Å². The van der Waals surface area contributed by atoms with Gasteiger partial charge in [-0.2, -0.15) is 0 Å². The van der Waals surface area contributed by atoms with Crippen molar-refractivity contribution in [3.63, 3.8) is 0 Å². The van der Waals surface area contributed by atoms with Crippen LogP contribution in [0.4, 0.5) is 0 Å². The third-order valence-electron chi connectivity index (χ3n) is 4.35. The third kappa shape index (κ3) is 3.88. The molecule has 0 fully saturated rings. The van der Waals surface area contributed by atoms with Crippen molar-refractivity contribution in [3.05, 3.63) is 48.5 Å². The number of ether oxygens (including phenoxy) is 1. The van der Waals surface area contributed by atoms with Crippen molar-refractivity contribution in [3.8, 4) is 17.1 Å². The van der Waals surface area contributed by atoms with Gasteiger partial charge in [0.15, 0.2) is 10.8 Å². The van der Waals surface area contributed by atoms with Gasteiger partial charge in [0.05, 0.1) is 18.4 Å². The van der Waals surface area contributed by atoms with Crippen LogP contribution in [0.25, 0.3) is 27.9 Å². The maximum absolute atomic E-state index is 12.1. The topological polar surface area (TPSA) is 81.4 Å². The van der Waals surface area contributed by atoms with Crippen LogP contribution >= 0.6 is 11.8 Å². The van der Waals surface area contributed by atoms with Crippen LogP contribution in [0.15, 0.2) is 53.7 Å². The van der Waals surface area contributed by atoms with Gasteiger partial charge in [0, 0.05) is 17.0 Å². The first kappa shape index (κ1) is 19.2. The molecule has 0 saturated heterocycles. The number of benzene rings is 2. The average molecular weight is 407 g/mol. The van der Waals surface area contributed by atoms with E-state index in [9.17, 15) is 4.79 Å². The summed E-state index contributed by atoms with van der Waals surface area (Å²) in [5.74, 6) is 1.71. The van der Waals surface area contributed by atoms with Gasteiger partial charge in [0.1, 0.15) is 11.6 Å². The van der Waals surface area contributed by atoms with Crippen molar-refractivity contribution in [2.75, 3.05) is 12.9 Å². The second-order valence-electron chi connectivity index (χ2n) is 6.83. The minimum atomic E-state index is -0.0403. The number of nitrogens with zero attached hydrogens (tertiary/aromatic N) is 4. The molecule has 8 heteroatoms. The highest BCUT2D eigenvalue weighted by Gasteiger charge is 2.17. The number of methoxy groups -OCH3 is 1. The average Bonchev–Trinajstić information content (AvgIpc) is 3.16. The molecule has 0 unspecified atom stereocenters. The summed E-state index contributed by atoms with van der Waals surface area (Å²) in [6.07, 6.45) is 0. The van der Waals surface area contributed by atoms with Gasteiger partial charge in [-0.3, -0.25) is 9.20 Å². The number of carbonyl (C=O) groups excluding carboxylic acids is 1. The molecule has 4 rings (SSSR count). The van der Waals surface area contributed by atoms with Crippen molar-refractivity contribution >= 4 is 34.2 Å². The maximum atomic E-state index is 12.1. The highest BCUT2D eigenvalue weighted by molar-refractivity contribution is 7.99. The smallest absolute Gasteiger partial charge is 0.230 e. The van der Waals surface area contributed by atoms with Crippen molar-refractivity contribution in [1.29, 1.82) is 0 Å². The largest absolute Gasteiger partial charge is 0.497 e. The molecule has 4 aromatic rings. The molecule has 0 aliphatic carbocycles. The molecule has 7 nitrogen and oxygen atoms in total. The fraction of sp³-hybridized carbons (Fsp3) is 0.238. The predicted molar refractivity (Wildman–Crippen MR) is 114 cm³/mol. The van der Waals surface area contributed by atoms with E-state index in [1.807, 2.05) is 66.8 Å². The predicted octanol–water partition coefficient (Wildman–Crippen LogP) is 3.57. The van der Waals surface area contributed by atoms with Crippen LogP contribution in [-0.4, -0.2) is 44.4 Å². The number of hydrogen-bond donors (Lipinski definition) is 1. The summed E-state index contributed by atoms with van der Waals surface area (Å²) in [5.41, 5.74) is 2.47. The van der Waals surface area contributed by atoms with Crippen LogP contribution in [0.5, 0.6) is 5.75 Å². The van der Waals surface area contributed by atoms with E-state index in [0.717, 1.165) is 28.0 Å². The lowest BCUT2D eigenvalue weighted by molar-refractivity contribution is -0.119. The van der Waals surface area contributed by atoms with Gasteiger partial charge in [0.2, 0.25) is 5.91 Å². The van der Waals surface area contributed by atoms with Crippen molar-refractivity contribution < 1.29 is 9.53 Å². The molecule has 0 atom stereocenters. The molecular weight excluding hydrogens is 386 g/mol. The molecule has 148 valence electrons. The normalized spacial score (nSPS) is 11.3. The Hall–Kier alpha value is -3.13. The summed E-state index contributed by atoms with van der Waals surface area (Å²) < 4.78 is 7.18. The minimum Gasteiger partial charge on any atom is -0.497 e. The molecule has 0 aliphatic heterocycles. The number of hydrogen-bond acceptors (Lipinski definition) is 6. The van der Waals surface area contributed by atoms with E-state index < -0.39 is 0 Å². The molecule has 29 heavy (non-hydrogen) atoms. The zero-order chi connectivity index (χ0) is 20.4. The van der Waals surface area contributed by atoms with Gasteiger partial charge in [-0.25, -0.2) is 4.98 Å². The first-order valence-corrected chi connectivity index (χ1v) is 10.3. The zero-order valence-electron chi connectivity index (χ0n) is 16.4. The molecule has 0 saturated carbocycles. The van der Waals surface area contributed by atoms with Crippen LogP contribution in [0.3, 0.4) is 0 Å². The minimum absolute atomic E-state index is 0.0403. The summed E-state index contributed by atoms with van der Waals surface area (Å²) in [5, 5.41) is 13.2. The van der Waals surface area contributed by atoms with Gasteiger partial charge in [-0.05, 0) is 50.2 Å². The number of aromatic nitrogens is 4. The molecule has 2 aromatic heterocycles. The molecule has 0 aliphatic rings. The number of nitrogens with one attached hydrogen (secondary N) is 1. The molecule has 2 aromatic carbocycles. The molecule has 0 spiro atoms. The Kier molecular flexibility index (Phi) is 5.35. The number of rotatable bonds is 6. The summed E-state index contributed by atoms with van der Waals surface area (Å²) in [6.45, 7) is 3.87. The SMILES string of the molecule is COc1ccc(-c2nc3ccccc3c3nnc(SCC(=O)NC(C)C)n23)cc1. The van der Waals surface area contributed by atoms with Gasteiger partial charge in [-0.15, -0.1) is 10.2 Å². The van der Waals surface area contributed by atoms with E-state index in [0.29, 0.717) is 10.8 Å². The monoisotopic (exact) mass is 407 g/mol. The van der Waals surface area contributed by atoms with E-state index in [4.69, 9.17) is 9.72 Å². The maximum Gasteiger partial charge on any atom is 0.230 e. The molecule has 0 radical (unpaired) electrons. The van der Waals surface area contributed by atoms with Gasteiger partial charge in [0.25, 0.3) is 0 Å². The van der Waals surface area contributed by atoms with Crippen molar-refractivity contribution in [2.45, 2.75) is 25.0 Å². The Morgan fingerprint density at radius 2 is 1.90 bits per heavy atom. The quantitative estimate of drug-likeness (QED) is 0.492. The lowest BCUT2D eigenvalue weighted by Crippen LogP contribution is -2.31. The van der Waals surface area contributed by atoms with Crippen molar-refractivity contribution in [1.82, 2.24) is 24.9 Å². The Bertz CT molecular complexity index is 1170. The van der Waals surface area contributed by atoms with E-state index in [1.54, 1.807) is 7.11 Å². The van der Waals surface area contributed by atoms with E-state index in [1.165, 1.54) is 11.8 Å². The fourth-order valence-electron chi connectivity index (χ4n) is 3.08. The molecule has 2 heterocycles. The molecule has 1 N–H and O–H groups in total. The Morgan fingerprint density at radius 3 is 2.62 bits per heavy atom. The lowest BCUT2D eigenvalue weighted by Gasteiger charge is -2.11. The first-order valence-electron chi connectivity index (χ1n) is 9.27. The Labute approximate surface area is 172 Å². The Morgan fingerprint density at radius 1 is 1.14 bits per heavy atom. The standard InChI is InChI=1S/C21H21N5O2S/c1-13(2)22-18(27)12-29-21-25-24-20-16-6-4-5-7-17(16)23-19(26(20)21)14-8-10-15(28-3)11-9-14/h4-11,13H,12H2,1-3H3,(H,22,27). The fourth-order valence-corrected chi connectivity index (χ4v) is 3.82. The van der Waals surface area contributed by atoms with E-state index in [-0.39, 0.29) is 17.7 Å². The molecular formula is C21H21N5O2S. The molecule has 0 bridgehead atoms. The summed E-state index contributed by atoms with van der Waals surface area (Å²) >= 11 is 1.34. The lowest BCUT2D eigenvalue weighted by atomic mass is 10.1. The third-order valence-corrected chi connectivity index (χ3v) is 5.28. The summed E-state index contributed by atoms with van der Waals surface area (Å²) in [7, 11) is 1.64. The second-order valence-corrected chi connectivity index (χ2v) is 7.78. The second kappa shape index (κ2) is 8.08. The number of fused-ring (bicyclic) bond motifs is 3. The van der Waals surface area contributed by atoms with Gasteiger partial charge in [-0.1, -0.05) is 23.9 Å². The number of thioether (sulfide) groups is 1. The number of para-hydroxylation sites is 1. The van der Waals surface area contributed by atoms with Gasteiger partial charge < -0.3 is 10.1 Å². The Balaban J connectivity index is 1.83. The van der Waals surface area contributed by atoms with Gasteiger partial charge >= 0.3 is 0 Å². The summed E-state index contributed by atoms with van der Waals surface area (Å²) in [6, 6.07) is 15.6. The van der Waals surface area contributed by atoms with Crippen LogP contribution in [0.1, 0.15) is 13.8 Å².